The zero-order valence-electron chi connectivity index (χ0n) is 13.3. The lowest BCUT2D eigenvalue weighted by atomic mass is 9.78. The number of hydrogen-bond acceptors (Lipinski definition) is 6. The minimum Gasteiger partial charge on any atom is -0.459 e. The van der Waals surface area contributed by atoms with Crippen molar-refractivity contribution in [2.75, 3.05) is 5.75 Å². The van der Waals surface area contributed by atoms with Gasteiger partial charge in [-0.05, 0) is 30.4 Å². The van der Waals surface area contributed by atoms with Crippen molar-refractivity contribution in [3.05, 3.63) is 18.4 Å². The van der Waals surface area contributed by atoms with Crippen molar-refractivity contribution < 1.29 is 13.6 Å². The Morgan fingerprint density at radius 2 is 2.26 bits per heavy atom. The highest BCUT2D eigenvalue weighted by molar-refractivity contribution is 7.99. The molecular formula is C16H21N3O3S. The fraction of sp³-hybridized carbons (Fsp3) is 0.562. The van der Waals surface area contributed by atoms with Gasteiger partial charge in [-0.1, -0.05) is 38.5 Å². The van der Waals surface area contributed by atoms with E-state index in [1.165, 1.54) is 24.6 Å². The van der Waals surface area contributed by atoms with Crippen LogP contribution >= 0.6 is 11.8 Å². The molecule has 0 aromatic carbocycles. The van der Waals surface area contributed by atoms with E-state index in [1.54, 1.807) is 18.4 Å². The van der Waals surface area contributed by atoms with Crippen LogP contribution in [-0.2, 0) is 4.79 Å². The van der Waals surface area contributed by atoms with Crippen LogP contribution in [0.3, 0.4) is 0 Å². The summed E-state index contributed by atoms with van der Waals surface area (Å²) >= 11 is 1.24. The highest BCUT2D eigenvalue weighted by Crippen LogP contribution is 2.29. The van der Waals surface area contributed by atoms with Crippen molar-refractivity contribution in [2.45, 2.75) is 44.4 Å². The molecule has 1 N–H and O–H groups in total. The Bertz CT molecular complexity index is 641. The maximum atomic E-state index is 12.1. The van der Waals surface area contributed by atoms with E-state index in [0.717, 1.165) is 6.42 Å². The number of rotatable bonds is 5. The van der Waals surface area contributed by atoms with Crippen LogP contribution in [0.4, 0.5) is 0 Å². The number of furan rings is 1. The van der Waals surface area contributed by atoms with E-state index in [1.807, 2.05) is 0 Å². The quantitative estimate of drug-likeness (QED) is 0.844. The zero-order valence-corrected chi connectivity index (χ0v) is 14.1. The van der Waals surface area contributed by atoms with Gasteiger partial charge in [0.25, 0.3) is 11.1 Å². The summed E-state index contributed by atoms with van der Waals surface area (Å²) in [6.45, 7) is 4.47. The van der Waals surface area contributed by atoms with Crippen LogP contribution in [-0.4, -0.2) is 27.9 Å². The molecule has 1 amide bonds. The lowest BCUT2D eigenvalue weighted by Crippen LogP contribution is -2.44. The third-order valence-electron chi connectivity index (χ3n) is 4.52. The smallest absolute Gasteiger partial charge is 0.284 e. The fourth-order valence-electron chi connectivity index (χ4n) is 2.93. The average Bonchev–Trinajstić information content (AvgIpc) is 3.20. The number of amides is 1. The Morgan fingerprint density at radius 1 is 1.39 bits per heavy atom. The Morgan fingerprint density at radius 3 is 3.04 bits per heavy atom. The number of thioether (sulfide) groups is 1. The van der Waals surface area contributed by atoms with Crippen LogP contribution < -0.4 is 5.32 Å². The number of aromatic nitrogens is 2. The highest BCUT2D eigenvalue weighted by atomic mass is 32.2. The molecular weight excluding hydrogens is 314 g/mol. The summed E-state index contributed by atoms with van der Waals surface area (Å²) in [5.74, 6) is 2.32. The largest absolute Gasteiger partial charge is 0.459 e. The minimum atomic E-state index is 0.0127. The van der Waals surface area contributed by atoms with Gasteiger partial charge < -0.3 is 14.2 Å². The zero-order chi connectivity index (χ0) is 16.2. The van der Waals surface area contributed by atoms with E-state index in [0.29, 0.717) is 28.7 Å². The molecule has 6 nitrogen and oxygen atoms in total. The molecule has 3 rings (SSSR count). The van der Waals surface area contributed by atoms with Crippen LogP contribution in [0, 0.1) is 11.8 Å². The van der Waals surface area contributed by atoms with Crippen molar-refractivity contribution >= 4 is 17.7 Å². The molecule has 0 bridgehead atoms. The van der Waals surface area contributed by atoms with Crippen LogP contribution in [0.25, 0.3) is 11.7 Å². The van der Waals surface area contributed by atoms with E-state index in [2.05, 4.69) is 29.4 Å². The summed E-state index contributed by atoms with van der Waals surface area (Å²) in [5, 5.41) is 11.3. The van der Waals surface area contributed by atoms with Gasteiger partial charge in [-0.3, -0.25) is 4.79 Å². The first-order valence-corrected chi connectivity index (χ1v) is 8.91. The van der Waals surface area contributed by atoms with Crippen molar-refractivity contribution in [1.82, 2.24) is 15.5 Å². The molecule has 1 fully saturated rings. The second kappa shape index (κ2) is 7.21. The maximum absolute atomic E-state index is 12.1. The van der Waals surface area contributed by atoms with Gasteiger partial charge in [0.05, 0.1) is 12.0 Å². The molecule has 2 aromatic rings. The van der Waals surface area contributed by atoms with E-state index in [4.69, 9.17) is 8.83 Å². The molecule has 7 heteroatoms. The maximum Gasteiger partial charge on any atom is 0.284 e. The standard InChI is InChI=1S/C16H21N3O3S/c1-10-5-3-6-12(11(10)2)17-14(20)9-23-16-19-18-15(22-16)13-7-4-8-21-13/h4,7-8,10-12H,3,5-6,9H2,1-2H3,(H,17,20)/t10-,11+,12-/m0/s1. The van der Waals surface area contributed by atoms with Crippen LogP contribution in [0.5, 0.6) is 0 Å². The van der Waals surface area contributed by atoms with Crippen molar-refractivity contribution in [3.63, 3.8) is 0 Å². The Kier molecular flexibility index (Phi) is 5.05. The van der Waals surface area contributed by atoms with Crippen molar-refractivity contribution in [3.8, 4) is 11.7 Å². The SMILES string of the molecule is C[C@H]1[C@@H](NC(=O)CSc2nnc(-c3ccco3)o2)CCC[C@@H]1C. The fourth-order valence-corrected chi connectivity index (χ4v) is 3.50. The lowest BCUT2D eigenvalue weighted by molar-refractivity contribution is -0.120. The van der Waals surface area contributed by atoms with E-state index in [9.17, 15) is 4.79 Å². The summed E-state index contributed by atoms with van der Waals surface area (Å²) in [4.78, 5) is 12.1. The summed E-state index contributed by atoms with van der Waals surface area (Å²) in [7, 11) is 0. The number of hydrogen-bond donors (Lipinski definition) is 1. The summed E-state index contributed by atoms with van der Waals surface area (Å²) in [6, 6.07) is 3.78. The van der Waals surface area contributed by atoms with Gasteiger partial charge in [0.15, 0.2) is 5.76 Å². The molecule has 1 saturated carbocycles. The number of nitrogens with zero attached hydrogens (tertiary/aromatic N) is 2. The van der Waals surface area contributed by atoms with Gasteiger partial charge in [-0.25, -0.2) is 0 Å². The number of carbonyl (C=O) groups is 1. The molecule has 124 valence electrons. The topological polar surface area (TPSA) is 81.2 Å². The Balaban J connectivity index is 1.49. The molecule has 3 atom stereocenters. The van der Waals surface area contributed by atoms with Gasteiger partial charge in [-0.2, -0.15) is 0 Å². The average molecular weight is 335 g/mol. The minimum absolute atomic E-state index is 0.0127. The summed E-state index contributed by atoms with van der Waals surface area (Å²) < 4.78 is 10.7. The normalized spacial score (nSPS) is 24.5. The Labute approximate surface area is 139 Å². The molecule has 1 aliphatic carbocycles. The monoisotopic (exact) mass is 335 g/mol. The van der Waals surface area contributed by atoms with E-state index >= 15 is 0 Å². The molecule has 2 aromatic heterocycles. The van der Waals surface area contributed by atoms with Gasteiger partial charge in [0, 0.05) is 6.04 Å². The van der Waals surface area contributed by atoms with Gasteiger partial charge in [0.2, 0.25) is 5.91 Å². The predicted octanol–water partition coefficient (Wildman–Crippen LogP) is 3.36. The van der Waals surface area contributed by atoms with Crippen molar-refractivity contribution in [1.29, 1.82) is 0 Å². The Hall–Kier alpha value is -1.76. The first-order valence-electron chi connectivity index (χ1n) is 7.93. The number of nitrogens with one attached hydrogen (secondary N) is 1. The molecule has 0 unspecified atom stereocenters. The van der Waals surface area contributed by atoms with Crippen molar-refractivity contribution in [2.24, 2.45) is 11.8 Å². The molecule has 1 aliphatic rings. The molecule has 23 heavy (non-hydrogen) atoms. The first kappa shape index (κ1) is 16.1. The molecule has 0 saturated heterocycles. The molecule has 0 spiro atoms. The summed E-state index contributed by atoms with van der Waals surface area (Å²) in [6.07, 6.45) is 5.04. The van der Waals surface area contributed by atoms with E-state index in [-0.39, 0.29) is 17.7 Å². The highest BCUT2D eigenvalue weighted by Gasteiger charge is 2.28. The second-order valence-electron chi connectivity index (χ2n) is 6.08. The lowest BCUT2D eigenvalue weighted by Gasteiger charge is -2.34. The van der Waals surface area contributed by atoms with Gasteiger partial charge in [0.1, 0.15) is 0 Å². The first-order chi connectivity index (χ1) is 11.1. The summed E-state index contributed by atoms with van der Waals surface area (Å²) in [5.41, 5.74) is 0. The molecule has 0 aliphatic heterocycles. The second-order valence-corrected chi connectivity index (χ2v) is 7.01. The van der Waals surface area contributed by atoms with E-state index < -0.39 is 0 Å². The van der Waals surface area contributed by atoms with Crippen LogP contribution in [0.1, 0.15) is 33.1 Å². The molecule has 2 heterocycles. The third-order valence-corrected chi connectivity index (χ3v) is 5.34. The van der Waals surface area contributed by atoms with Crippen LogP contribution in [0.15, 0.2) is 32.5 Å². The third kappa shape index (κ3) is 3.96. The van der Waals surface area contributed by atoms with Gasteiger partial charge >= 0.3 is 0 Å². The van der Waals surface area contributed by atoms with Gasteiger partial charge in [-0.15, -0.1) is 10.2 Å². The number of carbonyl (C=O) groups excluding carboxylic acids is 1. The van der Waals surface area contributed by atoms with Crippen LogP contribution in [0.2, 0.25) is 0 Å². The molecule has 0 radical (unpaired) electrons. The predicted molar refractivity (Wildman–Crippen MR) is 86.8 cm³/mol.